The molecule has 2 aromatic rings. The number of hydrogen-bond acceptors (Lipinski definition) is 5. The normalized spacial score (nSPS) is 12.6. The van der Waals surface area contributed by atoms with Gasteiger partial charge in [-0.25, -0.2) is 9.97 Å². The van der Waals surface area contributed by atoms with E-state index >= 15 is 0 Å². The predicted molar refractivity (Wildman–Crippen MR) is 65.2 cm³/mol. The summed E-state index contributed by atoms with van der Waals surface area (Å²) in [7, 11) is 1.57. The van der Waals surface area contributed by atoms with Crippen LogP contribution in [0.1, 0.15) is 0 Å². The molecule has 0 aliphatic carbocycles. The summed E-state index contributed by atoms with van der Waals surface area (Å²) < 4.78 is 15.9. The zero-order chi connectivity index (χ0) is 12.5. The van der Waals surface area contributed by atoms with Crippen molar-refractivity contribution in [2.24, 2.45) is 0 Å². The average Bonchev–Trinajstić information content (AvgIpc) is 2.85. The topological polar surface area (TPSA) is 53.5 Å². The molecule has 1 aliphatic heterocycles. The summed E-state index contributed by atoms with van der Waals surface area (Å²) in [4.78, 5) is 8.31. The van der Waals surface area contributed by atoms with Crippen LogP contribution < -0.4 is 14.2 Å². The van der Waals surface area contributed by atoms with Gasteiger partial charge < -0.3 is 14.2 Å². The van der Waals surface area contributed by atoms with Gasteiger partial charge in [-0.3, -0.25) is 0 Å². The Labute approximate surface area is 108 Å². The molecule has 6 heteroatoms. The minimum Gasteiger partial charge on any atom is -0.493 e. The van der Waals surface area contributed by atoms with Gasteiger partial charge in [0, 0.05) is 11.8 Å². The molecule has 2 heterocycles. The molecular weight excluding hydrogens is 256 g/mol. The molecule has 0 radical (unpaired) electrons. The highest BCUT2D eigenvalue weighted by atomic mass is 35.5. The highest BCUT2D eigenvalue weighted by Crippen LogP contribution is 2.43. The first-order valence-electron chi connectivity index (χ1n) is 5.24. The fraction of sp³-hybridized carbons (Fsp3) is 0.167. The highest BCUT2D eigenvalue weighted by Gasteiger charge is 2.21. The number of fused-ring (bicyclic) bond motifs is 1. The summed E-state index contributed by atoms with van der Waals surface area (Å²) in [6.07, 6.45) is 1.60. The fourth-order valence-corrected chi connectivity index (χ4v) is 1.87. The molecule has 0 amide bonds. The zero-order valence-corrected chi connectivity index (χ0v) is 10.3. The van der Waals surface area contributed by atoms with E-state index in [4.69, 9.17) is 25.8 Å². The molecule has 1 aromatic carbocycles. The Bertz CT molecular complexity index is 604. The van der Waals surface area contributed by atoms with Gasteiger partial charge in [-0.15, -0.1) is 0 Å². The van der Waals surface area contributed by atoms with E-state index in [2.05, 4.69) is 9.97 Å². The lowest BCUT2D eigenvalue weighted by Crippen LogP contribution is -1.93. The van der Waals surface area contributed by atoms with Crippen molar-refractivity contribution in [1.29, 1.82) is 0 Å². The number of nitrogens with zero attached hydrogens (tertiary/aromatic N) is 2. The van der Waals surface area contributed by atoms with Crippen molar-refractivity contribution in [3.8, 4) is 28.6 Å². The third-order valence-corrected chi connectivity index (χ3v) is 2.75. The quantitative estimate of drug-likeness (QED) is 0.780. The number of aromatic nitrogens is 2. The van der Waals surface area contributed by atoms with Gasteiger partial charge in [0.1, 0.15) is 5.15 Å². The van der Waals surface area contributed by atoms with Crippen LogP contribution in [-0.4, -0.2) is 23.9 Å². The lowest BCUT2D eigenvalue weighted by Gasteiger charge is -2.07. The Kier molecular flexibility index (Phi) is 2.68. The Morgan fingerprint density at radius 3 is 3.00 bits per heavy atom. The lowest BCUT2D eigenvalue weighted by atomic mass is 10.1. The van der Waals surface area contributed by atoms with Crippen LogP contribution in [0.4, 0.5) is 0 Å². The molecule has 0 saturated carbocycles. The molecular formula is C12H9ClN2O3. The Morgan fingerprint density at radius 2 is 2.22 bits per heavy atom. The van der Waals surface area contributed by atoms with Gasteiger partial charge in [0.05, 0.1) is 7.11 Å². The van der Waals surface area contributed by atoms with Crippen molar-refractivity contribution >= 4 is 11.6 Å². The number of ether oxygens (including phenoxy) is 3. The summed E-state index contributed by atoms with van der Waals surface area (Å²) in [6, 6.07) is 5.21. The number of hydrogen-bond donors (Lipinski definition) is 0. The Hall–Kier alpha value is -2.01. The molecule has 1 aliphatic rings. The average molecular weight is 265 g/mol. The number of methoxy groups -OCH3 is 1. The van der Waals surface area contributed by atoms with Crippen molar-refractivity contribution in [2.75, 3.05) is 13.9 Å². The molecule has 5 nitrogen and oxygen atoms in total. The minimum atomic E-state index is 0.186. The van der Waals surface area contributed by atoms with Gasteiger partial charge in [0.15, 0.2) is 17.3 Å². The van der Waals surface area contributed by atoms with E-state index in [9.17, 15) is 0 Å². The minimum absolute atomic E-state index is 0.186. The summed E-state index contributed by atoms with van der Waals surface area (Å²) in [6.45, 7) is 0.186. The van der Waals surface area contributed by atoms with Crippen molar-refractivity contribution in [3.05, 3.63) is 29.5 Å². The van der Waals surface area contributed by atoms with Crippen molar-refractivity contribution in [3.63, 3.8) is 0 Å². The molecule has 0 unspecified atom stereocenters. The maximum Gasteiger partial charge on any atom is 0.231 e. The molecule has 0 spiro atoms. The van der Waals surface area contributed by atoms with E-state index in [1.165, 1.54) is 0 Å². The monoisotopic (exact) mass is 264 g/mol. The van der Waals surface area contributed by atoms with E-state index in [1.54, 1.807) is 31.5 Å². The van der Waals surface area contributed by atoms with Crippen LogP contribution in [0.15, 0.2) is 24.4 Å². The second kappa shape index (κ2) is 4.34. The van der Waals surface area contributed by atoms with Gasteiger partial charge in [-0.1, -0.05) is 11.6 Å². The largest absolute Gasteiger partial charge is 0.493 e. The third-order valence-electron chi connectivity index (χ3n) is 2.54. The molecule has 0 atom stereocenters. The number of halogens is 1. The van der Waals surface area contributed by atoms with E-state index in [-0.39, 0.29) is 6.79 Å². The first-order chi connectivity index (χ1) is 8.78. The molecule has 0 N–H and O–H groups in total. The van der Waals surface area contributed by atoms with Gasteiger partial charge in [-0.2, -0.15) is 0 Å². The number of benzene rings is 1. The standard InChI is InChI=1S/C12H9ClN2O3/c1-16-8-4-7(5-9-11(8)18-6-17-9)12-14-3-2-10(13)15-12/h2-5H,6H2,1H3. The molecule has 3 rings (SSSR count). The summed E-state index contributed by atoms with van der Waals surface area (Å²) in [5.74, 6) is 2.32. The molecule has 18 heavy (non-hydrogen) atoms. The smallest absolute Gasteiger partial charge is 0.231 e. The van der Waals surface area contributed by atoms with Crippen LogP contribution in [0, 0.1) is 0 Å². The molecule has 92 valence electrons. The Balaban J connectivity index is 2.13. The van der Waals surface area contributed by atoms with Crippen molar-refractivity contribution < 1.29 is 14.2 Å². The van der Waals surface area contributed by atoms with Crippen molar-refractivity contribution in [2.45, 2.75) is 0 Å². The van der Waals surface area contributed by atoms with E-state index in [1.807, 2.05) is 0 Å². The Morgan fingerprint density at radius 1 is 1.33 bits per heavy atom. The van der Waals surface area contributed by atoms with Gasteiger partial charge in [0.2, 0.25) is 12.5 Å². The van der Waals surface area contributed by atoms with Crippen LogP contribution in [0.5, 0.6) is 17.2 Å². The van der Waals surface area contributed by atoms with E-state index in [0.29, 0.717) is 28.2 Å². The SMILES string of the molecule is COc1cc(-c2nccc(Cl)n2)cc2c1OCO2. The van der Waals surface area contributed by atoms with Crippen LogP contribution in [0.25, 0.3) is 11.4 Å². The summed E-state index contributed by atoms with van der Waals surface area (Å²) >= 11 is 5.85. The highest BCUT2D eigenvalue weighted by molar-refractivity contribution is 6.29. The van der Waals surface area contributed by atoms with Gasteiger partial charge in [0.25, 0.3) is 0 Å². The van der Waals surface area contributed by atoms with Crippen LogP contribution >= 0.6 is 11.6 Å². The van der Waals surface area contributed by atoms with Crippen LogP contribution in [-0.2, 0) is 0 Å². The zero-order valence-electron chi connectivity index (χ0n) is 9.51. The maximum atomic E-state index is 5.85. The van der Waals surface area contributed by atoms with Gasteiger partial charge in [-0.05, 0) is 18.2 Å². The summed E-state index contributed by atoms with van der Waals surface area (Å²) in [5.41, 5.74) is 0.763. The van der Waals surface area contributed by atoms with E-state index < -0.39 is 0 Å². The second-order valence-electron chi connectivity index (χ2n) is 3.62. The van der Waals surface area contributed by atoms with Crippen LogP contribution in [0.2, 0.25) is 5.15 Å². The molecule has 0 fully saturated rings. The first kappa shape index (κ1) is 11.1. The van der Waals surface area contributed by atoms with E-state index in [0.717, 1.165) is 5.56 Å². The lowest BCUT2D eigenvalue weighted by molar-refractivity contribution is 0.171. The second-order valence-corrected chi connectivity index (χ2v) is 4.00. The van der Waals surface area contributed by atoms with Crippen LogP contribution in [0.3, 0.4) is 0 Å². The van der Waals surface area contributed by atoms with Gasteiger partial charge >= 0.3 is 0 Å². The molecule has 0 saturated heterocycles. The summed E-state index contributed by atoms with van der Waals surface area (Å²) in [5, 5.41) is 0.386. The maximum absolute atomic E-state index is 5.85. The molecule has 1 aromatic heterocycles. The first-order valence-corrected chi connectivity index (χ1v) is 5.62. The fourth-order valence-electron chi connectivity index (χ4n) is 1.73. The predicted octanol–water partition coefficient (Wildman–Crippen LogP) is 2.53. The van der Waals surface area contributed by atoms with Crippen molar-refractivity contribution in [1.82, 2.24) is 9.97 Å². The molecule has 0 bridgehead atoms. The third kappa shape index (κ3) is 1.82. The number of rotatable bonds is 2.